The van der Waals surface area contributed by atoms with E-state index >= 15 is 0 Å². The summed E-state index contributed by atoms with van der Waals surface area (Å²) in [6, 6.07) is 9.21. The summed E-state index contributed by atoms with van der Waals surface area (Å²) in [6.07, 6.45) is 1.78. The first-order valence-corrected chi connectivity index (χ1v) is 7.28. The molecule has 1 heterocycles. The molecule has 2 N–H and O–H groups in total. The van der Waals surface area contributed by atoms with E-state index in [-0.39, 0.29) is 12.1 Å². The average molecular weight is 302 g/mol. The topological polar surface area (TPSA) is 68.2 Å². The second-order valence-corrected chi connectivity index (χ2v) is 5.09. The van der Waals surface area contributed by atoms with E-state index in [1.54, 1.807) is 10.9 Å². The number of nitrogens with zero attached hydrogens (tertiary/aromatic N) is 2. The van der Waals surface area contributed by atoms with Crippen molar-refractivity contribution in [3.63, 3.8) is 0 Å². The summed E-state index contributed by atoms with van der Waals surface area (Å²) >= 11 is 0. The molecule has 0 aliphatic carbocycles. The Morgan fingerprint density at radius 2 is 2.09 bits per heavy atom. The standard InChI is InChI=1S/C16H22N4O2/c1-12(15-11-18-20(3)13(15)2)19-16(21)17-9-10-22-14-7-5-4-6-8-14/h4-8,11-12H,9-10H2,1-3H3,(H2,17,19,21). The van der Waals surface area contributed by atoms with Gasteiger partial charge in [0.15, 0.2) is 0 Å². The highest BCUT2D eigenvalue weighted by Crippen LogP contribution is 2.15. The minimum atomic E-state index is -0.215. The smallest absolute Gasteiger partial charge is 0.315 e. The fraction of sp³-hybridized carbons (Fsp3) is 0.375. The number of para-hydroxylation sites is 1. The fourth-order valence-electron chi connectivity index (χ4n) is 2.12. The Kier molecular flexibility index (Phi) is 5.41. The maximum atomic E-state index is 11.9. The number of hydrogen-bond acceptors (Lipinski definition) is 3. The van der Waals surface area contributed by atoms with Crippen LogP contribution < -0.4 is 15.4 Å². The highest BCUT2D eigenvalue weighted by atomic mass is 16.5. The molecule has 0 aliphatic rings. The maximum absolute atomic E-state index is 11.9. The predicted octanol–water partition coefficient (Wildman–Crippen LogP) is 2.17. The third kappa shape index (κ3) is 4.25. The molecule has 0 bridgehead atoms. The number of hydrogen-bond donors (Lipinski definition) is 2. The highest BCUT2D eigenvalue weighted by molar-refractivity contribution is 5.74. The van der Waals surface area contributed by atoms with Crippen molar-refractivity contribution in [1.29, 1.82) is 0 Å². The molecule has 1 aromatic heterocycles. The Labute approximate surface area is 130 Å². The first-order chi connectivity index (χ1) is 10.6. The van der Waals surface area contributed by atoms with Crippen LogP contribution in [0.25, 0.3) is 0 Å². The third-order valence-corrected chi connectivity index (χ3v) is 3.49. The van der Waals surface area contributed by atoms with Gasteiger partial charge in [-0.25, -0.2) is 4.79 Å². The quantitative estimate of drug-likeness (QED) is 0.804. The first kappa shape index (κ1) is 15.9. The number of urea groups is 1. The van der Waals surface area contributed by atoms with Crippen molar-refractivity contribution < 1.29 is 9.53 Å². The van der Waals surface area contributed by atoms with Crippen LogP contribution in [0.1, 0.15) is 24.2 Å². The fourth-order valence-corrected chi connectivity index (χ4v) is 2.12. The van der Waals surface area contributed by atoms with Crippen LogP contribution in [-0.2, 0) is 7.05 Å². The summed E-state index contributed by atoms with van der Waals surface area (Å²) in [5.74, 6) is 0.795. The van der Waals surface area contributed by atoms with E-state index in [0.29, 0.717) is 13.2 Å². The molecule has 1 atom stereocenters. The molecule has 0 spiro atoms. The van der Waals surface area contributed by atoms with E-state index in [4.69, 9.17) is 4.74 Å². The predicted molar refractivity (Wildman–Crippen MR) is 84.8 cm³/mol. The minimum absolute atomic E-state index is 0.0938. The number of carbonyl (C=O) groups is 1. The van der Waals surface area contributed by atoms with Crippen LogP contribution in [-0.4, -0.2) is 29.0 Å². The Morgan fingerprint density at radius 3 is 2.73 bits per heavy atom. The number of ether oxygens (including phenoxy) is 1. The van der Waals surface area contributed by atoms with Crippen molar-refractivity contribution in [2.24, 2.45) is 7.05 Å². The number of rotatable bonds is 6. The van der Waals surface area contributed by atoms with Gasteiger partial charge in [0, 0.05) is 18.3 Å². The molecule has 0 saturated heterocycles. The lowest BCUT2D eigenvalue weighted by Gasteiger charge is -2.14. The minimum Gasteiger partial charge on any atom is -0.492 e. The van der Waals surface area contributed by atoms with Gasteiger partial charge in [0.25, 0.3) is 0 Å². The van der Waals surface area contributed by atoms with Crippen molar-refractivity contribution in [3.05, 3.63) is 47.8 Å². The lowest BCUT2D eigenvalue weighted by atomic mass is 10.1. The summed E-state index contributed by atoms with van der Waals surface area (Å²) in [6.45, 7) is 4.79. The van der Waals surface area contributed by atoms with Crippen LogP contribution in [0.2, 0.25) is 0 Å². The molecule has 0 radical (unpaired) electrons. The molecule has 2 rings (SSSR count). The number of benzene rings is 1. The Hall–Kier alpha value is -2.50. The monoisotopic (exact) mass is 302 g/mol. The molecule has 6 heteroatoms. The van der Waals surface area contributed by atoms with Crippen molar-refractivity contribution >= 4 is 6.03 Å². The number of amides is 2. The molecular formula is C16H22N4O2. The van der Waals surface area contributed by atoms with Gasteiger partial charge >= 0.3 is 6.03 Å². The molecule has 0 aliphatic heterocycles. The van der Waals surface area contributed by atoms with Gasteiger partial charge in [0.1, 0.15) is 12.4 Å². The van der Waals surface area contributed by atoms with Crippen LogP contribution in [0, 0.1) is 6.92 Å². The molecule has 118 valence electrons. The zero-order valence-electron chi connectivity index (χ0n) is 13.2. The SMILES string of the molecule is Cc1c(C(C)NC(=O)NCCOc2ccccc2)cnn1C. The van der Waals surface area contributed by atoms with E-state index in [0.717, 1.165) is 17.0 Å². The second kappa shape index (κ2) is 7.49. The maximum Gasteiger partial charge on any atom is 0.315 e. The Balaban J connectivity index is 1.70. The summed E-state index contributed by atoms with van der Waals surface area (Å²) in [5, 5.41) is 9.85. The molecule has 22 heavy (non-hydrogen) atoms. The van der Waals surface area contributed by atoms with E-state index in [9.17, 15) is 4.79 Å². The molecule has 0 saturated carbocycles. The molecule has 1 aromatic carbocycles. The van der Waals surface area contributed by atoms with Crippen LogP contribution in [0.4, 0.5) is 4.79 Å². The van der Waals surface area contributed by atoms with Crippen LogP contribution in [0.5, 0.6) is 5.75 Å². The van der Waals surface area contributed by atoms with Gasteiger partial charge in [-0.1, -0.05) is 18.2 Å². The third-order valence-electron chi connectivity index (χ3n) is 3.49. The highest BCUT2D eigenvalue weighted by Gasteiger charge is 2.14. The normalized spacial score (nSPS) is 11.8. The lowest BCUT2D eigenvalue weighted by molar-refractivity contribution is 0.233. The van der Waals surface area contributed by atoms with E-state index in [1.807, 2.05) is 51.2 Å². The van der Waals surface area contributed by atoms with Crippen LogP contribution >= 0.6 is 0 Å². The lowest BCUT2D eigenvalue weighted by Crippen LogP contribution is -2.39. The van der Waals surface area contributed by atoms with E-state index < -0.39 is 0 Å². The van der Waals surface area contributed by atoms with Crippen LogP contribution in [0.15, 0.2) is 36.5 Å². The van der Waals surface area contributed by atoms with Crippen molar-refractivity contribution in [2.75, 3.05) is 13.2 Å². The van der Waals surface area contributed by atoms with Gasteiger partial charge < -0.3 is 15.4 Å². The zero-order chi connectivity index (χ0) is 15.9. The molecule has 1 unspecified atom stereocenters. The van der Waals surface area contributed by atoms with Gasteiger partial charge in [-0.3, -0.25) is 4.68 Å². The molecule has 6 nitrogen and oxygen atoms in total. The summed E-state index contributed by atoms with van der Waals surface area (Å²) in [7, 11) is 1.88. The van der Waals surface area contributed by atoms with Gasteiger partial charge in [0.2, 0.25) is 0 Å². The molecule has 2 amide bonds. The van der Waals surface area contributed by atoms with Crippen LogP contribution in [0.3, 0.4) is 0 Å². The number of aryl methyl sites for hydroxylation is 1. The number of aromatic nitrogens is 2. The summed E-state index contributed by atoms with van der Waals surface area (Å²) in [4.78, 5) is 11.9. The Morgan fingerprint density at radius 1 is 1.36 bits per heavy atom. The molecular weight excluding hydrogens is 280 g/mol. The van der Waals surface area contributed by atoms with E-state index in [2.05, 4.69) is 15.7 Å². The molecule has 0 fully saturated rings. The van der Waals surface area contributed by atoms with Gasteiger partial charge in [-0.05, 0) is 26.0 Å². The van der Waals surface area contributed by atoms with Crippen molar-refractivity contribution in [1.82, 2.24) is 20.4 Å². The average Bonchev–Trinajstić information content (AvgIpc) is 2.84. The van der Waals surface area contributed by atoms with Gasteiger partial charge in [0.05, 0.1) is 18.8 Å². The second-order valence-electron chi connectivity index (χ2n) is 5.09. The largest absolute Gasteiger partial charge is 0.492 e. The number of carbonyl (C=O) groups excluding carboxylic acids is 1. The Bertz CT molecular complexity index is 610. The molecule has 2 aromatic rings. The van der Waals surface area contributed by atoms with Crippen molar-refractivity contribution in [2.45, 2.75) is 19.9 Å². The first-order valence-electron chi connectivity index (χ1n) is 7.28. The van der Waals surface area contributed by atoms with E-state index in [1.165, 1.54) is 0 Å². The zero-order valence-corrected chi connectivity index (χ0v) is 13.2. The summed E-state index contributed by atoms with van der Waals surface area (Å²) in [5.41, 5.74) is 2.05. The van der Waals surface area contributed by atoms with Crippen molar-refractivity contribution in [3.8, 4) is 5.75 Å². The van der Waals surface area contributed by atoms with Gasteiger partial charge in [-0.15, -0.1) is 0 Å². The summed E-state index contributed by atoms with van der Waals surface area (Å²) < 4.78 is 7.30. The number of nitrogens with one attached hydrogen (secondary N) is 2. The van der Waals surface area contributed by atoms with Gasteiger partial charge in [-0.2, -0.15) is 5.10 Å².